The van der Waals surface area contributed by atoms with Gasteiger partial charge in [0.1, 0.15) is 12.3 Å². The number of rotatable bonds is 5. The van der Waals surface area contributed by atoms with E-state index in [1.54, 1.807) is 17.5 Å². The van der Waals surface area contributed by atoms with Crippen molar-refractivity contribution in [2.45, 2.75) is 13.8 Å². The largest absolute Gasteiger partial charge is 0.461 e. The standard InChI is InChI=1S/C15H16ClNO4/c1-3-20-15(19)13-9-11(14(18)21-7-5-16)12-8-10(2)4-6-17(12)13/h4,6,8-9H,3,5,7H2,1-2H3. The van der Waals surface area contributed by atoms with Crippen molar-refractivity contribution in [3.05, 3.63) is 41.2 Å². The quantitative estimate of drug-likeness (QED) is 0.629. The minimum Gasteiger partial charge on any atom is -0.461 e. The van der Waals surface area contributed by atoms with E-state index in [-0.39, 0.29) is 19.1 Å². The van der Waals surface area contributed by atoms with Gasteiger partial charge < -0.3 is 13.9 Å². The summed E-state index contributed by atoms with van der Waals surface area (Å²) >= 11 is 5.52. The number of aromatic nitrogens is 1. The van der Waals surface area contributed by atoms with Gasteiger partial charge in [-0.3, -0.25) is 0 Å². The van der Waals surface area contributed by atoms with Crippen molar-refractivity contribution < 1.29 is 19.1 Å². The van der Waals surface area contributed by atoms with Crippen LogP contribution in [0.3, 0.4) is 0 Å². The third-order valence-electron chi connectivity index (χ3n) is 2.94. The summed E-state index contributed by atoms with van der Waals surface area (Å²) in [6.07, 6.45) is 1.73. The Balaban J connectivity index is 2.52. The summed E-state index contributed by atoms with van der Waals surface area (Å²) in [5.74, 6) is -0.761. The van der Waals surface area contributed by atoms with Crippen molar-refractivity contribution in [3.8, 4) is 0 Å². The number of halogens is 1. The molecule has 0 amide bonds. The zero-order chi connectivity index (χ0) is 15.4. The normalized spacial score (nSPS) is 10.6. The molecule has 0 radical (unpaired) electrons. The third kappa shape index (κ3) is 3.19. The molecule has 0 saturated heterocycles. The topological polar surface area (TPSA) is 57.0 Å². The molecule has 0 bridgehead atoms. The molecule has 0 unspecified atom stereocenters. The van der Waals surface area contributed by atoms with Gasteiger partial charge in [0.05, 0.1) is 23.6 Å². The highest BCUT2D eigenvalue weighted by Gasteiger charge is 2.21. The highest BCUT2D eigenvalue weighted by molar-refractivity contribution is 6.18. The Morgan fingerprint density at radius 3 is 2.67 bits per heavy atom. The highest BCUT2D eigenvalue weighted by Crippen LogP contribution is 2.20. The second kappa shape index (κ2) is 6.63. The Morgan fingerprint density at radius 1 is 1.24 bits per heavy atom. The summed E-state index contributed by atoms with van der Waals surface area (Å²) in [4.78, 5) is 24.1. The lowest BCUT2D eigenvalue weighted by molar-refractivity contribution is 0.0518. The van der Waals surface area contributed by atoms with Crippen LogP contribution in [0.5, 0.6) is 0 Å². The number of ether oxygens (including phenoxy) is 2. The van der Waals surface area contributed by atoms with Gasteiger partial charge in [-0.25, -0.2) is 9.59 Å². The lowest BCUT2D eigenvalue weighted by Gasteiger charge is -2.04. The molecule has 0 aliphatic rings. The molecule has 0 atom stereocenters. The second-order valence-corrected chi connectivity index (χ2v) is 4.83. The average Bonchev–Trinajstić information content (AvgIpc) is 2.83. The number of nitrogens with zero attached hydrogens (tertiary/aromatic N) is 1. The van der Waals surface area contributed by atoms with Crippen molar-refractivity contribution in [3.63, 3.8) is 0 Å². The van der Waals surface area contributed by atoms with E-state index in [1.807, 2.05) is 19.1 Å². The summed E-state index contributed by atoms with van der Waals surface area (Å²) in [6, 6.07) is 5.16. The molecule has 2 aromatic heterocycles. The van der Waals surface area contributed by atoms with Gasteiger partial charge in [0.15, 0.2) is 0 Å². The van der Waals surface area contributed by atoms with Crippen LogP contribution < -0.4 is 0 Å². The first kappa shape index (κ1) is 15.4. The maximum absolute atomic E-state index is 12.1. The van der Waals surface area contributed by atoms with Crippen molar-refractivity contribution >= 4 is 29.1 Å². The Kier molecular flexibility index (Phi) is 4.85. The summed E-state index contributed by atoms with van der Waals surface area (Å²) < 4.78 is 11.7. The van der Waals surface area contributed by atoms with Gasteiger partial charge in [-0.15, -0.1) is 11.6 Å². The molecule has 0 aromatic carbocycles. The van der Waals surface area contributed by atoms with E-state index >= 15 is 0 Å². The Bertz CT molecular complexity index is 678. The lowest BCUT2D eigenvalue weighted by Crippen LogP contribution is -2.07. The van der Waals surface area contributed by atoms with Gasteiger partial charge in [-0.2, -0.15) is 0 Å². The molecule has 2 heterocycles. The number of pyridine rings is 1. The van der Waals surface area contributed by atoms with Crippen LogP contribution in [0.1, 0.15) is 33.3 Å². The second-order valence-electron chi connectivity index (χ2n) is 4.45. The number of fused-ring (bicyclic) bond motifs is 1. The van der Waals surface area contributed by atoms with Gasteiger partial charge in [-0.05, 0) is 37.6 Å². The number of carbonyl (C=O) groups excluding carboxylic acids is 2. The number of hydrogen-bond donors (Lipinski definition) is 0. The van der Waals surface area contributed by atoms with Crippen LogP contribution in [0, 0.1) is 6.92 Å². The zero-order valence-corrected chi connectivity index (χ0v) is 12.6. The smallest absolute Gasteiger partial charge is 0.355 e. The monoisotopic (exact) mass is 309 g/mol. The lowest BCUT2D eigenvalue weighted by atomic mass is 10.2. The summed E-state index contributed by atoms with van der Waals surface area (Å²) in [5, 5.41) is 0. The molecule has 0 saturated carbocycles. The van der Waals surface area contributed by atoms with Crippen LogP contribution >= 0.6 is 11.6 Å². The number of aryl methyl sites for hydroxylation is 1. The van der Waals surface area contributed by atoms with Gasteiger partial charge in [0, 0.05) is 6.20 Å². The van der Waals surface area contributed by atoms with Crippen molar-refractivity contribution in [2.24, 2.45) is 0 Å². The van der Waals surface area contributed by atoms with E-state index in [1.165, 1.54) is 6.07 Å². The molecule has 5 nitrogen and oxygen atoms in total. The van der Waals surface area contributed by atoms with E-state index in [4.69, 9.17) is 21.1 Å². The molecule has 2 aromatic rings. The van der Waals surface area contributed by atoms with Crippen molar-refractivity contribution in [2.75, 3.05) is 19.1 Å². The van der Waals surface area contributed by atoms with Crippen LogP contribution in [-0.4, -0.2) is 35.4 Å². The first-order valence-corrected chi connectivity index (χ1v) is 7.13. The number of alkyl halides is 1. The maximum atomic E-state index is 12.1. The average molecular weight is 310 g/mol. The molecule has 0 aliphatic carbocycles. The van der Waals surface area contributed by atoms with Crippen LogP contribution in [0.25, 0.3) is 5.52 Å². The van der Waals surface area contributed by atoms with Crippen LogP contribution in [0.15, 0.2) is 24.4 Å². The van der Waals surface area contributed by atoms with Gasteiger partial charge in [-0.1, -0.05) is 0 Å². The maximum Gasteiger partial charge on any atom is 0.355 e. The minimum absolute atomic E-state index is 0.123. The molecule has 0 fully saturated rings. The van der Waals surface area contributed by atoms with Crippen molar-refractivity contribution in [1.82, 2.24) is 4.40 Å². The van der Waals surface area contributed by atoms with E-state index < -0.39 is 11.9 Å². The van der Waals surface area contributed by atoms with E-state index in [2.05, 4.69) is 0 Å². The SMILES string of the molecule is CCOC(=O)c1cc(C(=O)OCCCl)c2cc(C)ccn12. The van der Waals surface area contributed by atoms with Gasteiger partial charge >= 0.3 is 11.9 Å². The van der Waals surface area contributed by atoms with E-state index in [0.717, 1.165) is 5.56 Å². The Labute approximate surface area is 127 Å². The molecule has 21 heavy (non-hydrogen) atoms. The molecular weight excluding hydrogens is 294 g/mol. The predicted octanol–water partition coefficient (Wildman–Crippen LogP) is 2.82. The molecule has 6 heteroatoms. The fourth-order valence-electron chi connectivity index (χ4n) is 2.04. The minimum atomic E-state index is -0.505. The van der Waals surface area contributed by atoms with Gasteiger partial charge in [0.25, 0.3) is 0 Å². The third-order valence-corrected chi connectivity index (χ3v) is 3.10. The van der Waals surface area contributed by atoms with Crippen LogP contribution in [0.4, 0.5) is 0 Å². The summed E-state index contributed by atoms with van der Waals surface area (Å²) in [6.45, 7) is 4.03. The molecule has 0 spiro atoms. The first-order valence-electron chi connectivity index (χ1n) is 6.60. The number of carbonyl (C=O) groups is 2. The Morgan fingerprint density at radius 2 is 2.00 bits per heavy atom. The zero-order valence-electron chi connectivity index (χ0n) is 11.9. The van der Waals surface area contributed by atoms with E-state index in [0.29, 0.717) is 16.8 Å². The van der Waals surface area contributed by atoms with Crippen LogP contribution in [-0.2, 0) is 9.47 Å². The van der Waals surface area contributed by atoms with Gasteiger partial charge in [0.2, 0.25) is 0 Å². The molecule has 0 aliphatic heterocycles. The van der Waals surface area contributed by atoms with Crippen molar-refractivity contribution in [1.29, 1.82) is 0 Å². The number of esters is 2. The summed E-state index contributed by atoms with van der Waals surface area (Å²) in [7, 11) is 0. The molecular formula is C15H16ClNO4. The highest BCUT2D eigenvalue weighted by atomic mass is 35.5. The Hall–Kier alpha value is -2.01. The predicted molar refractivity (Wildman–Crippen MR) is 79.1 cm³/mol. The number of hydrogen-bond acceptors (Lipinski definition) is 4. The fourth-order valence-corrected chi connectivity index (χ4v) is 2.12. The van der Waals surface area contributed by atoms with E-state index in [9.17, 15) is 9.59 Å². The van der Waals surface area contributed by atoms with Crippen LogP contribution in [0.2, 0.25) is 0 Å². The molecule has 2 rings (SSSR count). The first-order chi connectivity index (χ1) is 10.1. The fraction of sp³-hybridized carbons (Fsp3) is 0.333. The molecule has 112 valence electrons. The molecule has 0 N–H and O–H groups in total. The summed E-state index contributed by atoms with van der Waals surface area (Å²) in [5.41, 5.74) is 2.21.